The zero-order valence-corrected chi connectivity index (χ0v) is 23.9. The molecule has 1 saturated heterocycles. The van der Waals surface area contributed by atoms with Crippen molar-refractivity contribution in [3.05, 3.63) is 90.5 Å². The Kier molecular flexibility index (Phi) is 7.37. The molecule has 2 aliphatic heterocycles. The van der Waals surface area contributed by atoms with Gasteiger partial charge in [-0.15, -0.1) is 10.2 Å². The number of hydrogen-bond acceptors (Lipinski definition) is 7. The van der Waals surface area contributed by atoms with E-state index in [9.17, 15) is 9.59 Å². The molecule has 7 rings (SSSR count). The zero-order chi connectivity index (χ0) is 29.2. The normalized spacial score (nSPS) is 15.8. The zero-order valence-electron chi connectivity index (χ0n) is 23.9. The van der Waals surface area contributed by atoms with Crippen LogP contribution in [-0.4, -0.2) is 71.3 Å². The van der Waals surface area contributed by atoms with E-state index in [1.807, 2.05) is 53.4 Å². The average molecular weight is 576 g/mol. The summed E-state index contributed by atoms with van der Waals surface area (Å²) in [7, 11) is 0. The summed E-state index contributed by atoms with van der Waals surface area (Å²) in [6, 6.07) is 28.3. The molecule has 1 saturated carbocycles. The first kappa shape index (κ1) is 26.9. The van der Waals surface area contributed by atoms with Crippen LogP contribution in [0.25, 0.3) is 22.4 Å². The van der Waals surface area contributed by atoms with Gasteiger partial charge in [0.25, 0.3) is 0 Å². The molecule has 4 aromatic rings. The number of amides is 2. The molecule has 2 fully saturated rings. The van der Waals surface area contributed by atoms with Crippen molar-refractivity contribution < 1.29 is 19.1 Å². The van der Waals surface area contributed by atoms with Crippen molar-refractivity contribution in [1.29, 1.82) is 0 Å². The fraction of sp³-hybridized carbons (Fsp3) is 0.294. The summed E-state index contributed by atoms with van der Waals surface area (Å²) in [5.74, 6) is 2.22. The van der Waals surface area contributed by atoms with Crippen molar-refractivity contribution in [2.24, 2.45) is 5.92 Å². The molecule has 0 radical (unpaired) electrons. The molecule has 3 heterocycles. The van der Waals surface area contributed by atoms with Gasteiger partial charge in [0.05, 0.1) is 5.69 Å². The fourth-order valence-corrected chi connectivity index (χ4v) is 5.62. The van der Waals surface area contributed by atoms with E-state index in [4.69, 9.17) is 9.47 Å². The summed E-state index contributed by atoms with van der Waals surface area (Å²) >= 11 is 0. The first-order valence-corrected chi connectivity index (χ1v) is 14.8. The van der Waals surface area contributed by atoms with Crippen molar-refractivity contribution in [3.8, 4) is 33.9 Å². The van der Waals surface area contributed by atoms with Gasteiger partial charge in [-0.25, -0.2) is 0 Å². The van der Waals surface area contributed by atoms with Gasteiger partial charge in [0.15, 0.2) is 17.3 Å². The minimum atomic E-state index is -0.0326. The van der Waals surface area contributed by atoms with E-state index in [0.29, 0.717) is 44.2 Å². The number of carbonyl (C=O) groups is 2. The Bertz CT molecular complexity index is 1600. The quantitative estimate of drug-likeness (QED) is 0.303. The third-order valence-electron chi connectivity index (χ3n) is 8.27. The molecule has 0 atom stereocenters. The highest BCUT2D eigenvalue weighted by Gasteiger charge is 2.35. The highest BCUT2D eigenvalue weighted by molar-refractivity contribution is 5.87. The molecule has 218 valence electrons. The number of ether oxygens (including phenoxy) is 2. The minimum Gasteiger partial charge on any atom is -0.454 e. The van der Waals surface area contributed by atoms with E-state index in [-0.39, 0.29) is 31.1 Å². The number of rotatable bonds is 8. The van der Waals surface area contributed by atoms with Gasteiger partial charge in [-0.05, 0) is 53.8 Å². The maximum absolute atomic E-state index is 13.3. The summed E-state index contributed by atoms with van der Waals surface area (Å²) in [5, 5.41) is 8.99. The lowest BCUT2D eigenvalue weighted by molar-refractivity contribution is -0.142. The first-order chi connectivity index (χ1) is 21.1. The Morgan fingerprint density at radius 1 is 0.767 bits per heavy atom. The molecular weight excluding hydrogens is 542 g/mol. The monoisotopic (exact) mass is 575 g/mol. The third kappa shape index (κ3) is 6.02. The largest absolute Gasteiger partial charge is 0.454 e. The van der Waals surface area contributed by atoms with Crippen LogP contribution in [0, 0.1) is 5.92 Å². The Balaban J connectivity index is 0.949. The van der Waals surface area contributed by atoms with E-state index >= 15 is 0 Å². The van der Waals surface area contributed by atoms with E-state index in [0.717, 1.165) is 41.0 Å². The Morgan fingerprint density at radius 2 is 1.49 bits per heavy atom. The molecule has 9 nitrogen and oxygen atoms in total. The van der Waals surface area contributed by atoms with Gasteiger partial charge < -0.3 is 24.2 Å². The molecule has 0 spiro atoms. The highest BCUT2D eigenvalue weighted by atomic mass is 16.7. The second kappa shape index (κ2) is 11.8. The molecule has 0 bridgehead atoms. The van der Waals surface area contributed by atoms with E-state index in [1.54, 1.807) is 4.90 Å². The second-order valence-electron chi connectivity index (χ2n) is 11.2. The van der Waals surface area contributed by atoms with Crippen LogP contribution in [0.1, 0.15) is 18.4 Å². The molecule has 1 aliphatic carbocycles. The minimum absolute atomic E-state index is 0.0296. The summed E-state index contributed by atoms with van der Waals surface area (Å²) in [6.07, 6.45) is 1.78. The number of benzene rings is 3. The molecule has 3 aliphatic rings. The lowest BCUT2D eigenvalue weighted by Crippen LogP contribution is -2.52. The predicted molar refractivity (Wildman–Crippen MR) is 162 cm³/mol. The number of anilines is 1. The van der Waals surface area contributed by atoms with E-state index in [1.165, 1.54) is 5.56 Å². The summed E-state index contributed by atoms with van der Waals surface area (Å²) < 4.78 is 10.9. The van der Waals surface area contributed by atoms with Crippen molar-refractivity contribution in [3.63, 3.8) is 0 Å². The van der Waals surface area contributed by atoms with Gasteiger partial charge in [0.2, 0.25) is 18.6 Å². The Hall–Kier alpha value is -4.92. The van der Waals surface area contributed by atoms with Gasteiger partial charge >= 0.3 is 0 Å². The summed E-state index contributed by atoms with van der Waals surface area (Å²) in [6.45, 7) is 3.09. The van der Waals surface area contributed by atoms with Crippen LogP contribution in [0.3, 0.4) is 0 Å². The lowest BCUT2D eigenvalue weighted by Gasteiger charge is -2.36. The smallest absolute Gasteiger partial charge is 0.242 e. The van der Waals surface area contributed by atoms with E-state index < -0.39 is 0 Å². The van der Waals surface area contributed by atoms with Gasteiger partial charge in [0.1, 0.15) is 6.54 Å². The SMILES string of the molecule is O=C(CN(Cc1ccc2c(c1)OCO2)C(=O)C1CC1)N1CCN(c2ccc(-c3ccc(-c4ccccc4)cc3)nn2)CC1. The molecule has 3 aromatic carbocycles. The summed E-state index contributed by atoms with van der Waals surface area (Å²) in [5.41, 5.74) is 5.10. The van der Waals surface area contributed by atoms with Crippen LogP contribution < -0.4 is 14.4 Å². The van der Waals surface area contributed by atoms with Crippen molar-refractivity contribution in [2.45, 2.75) is 19.4 Å². The standard InChI is InChI=1S/C34H33N5O4/c40-33(22-39(34(41)28-11-12-28)21-24-6-14-30-31(20-24)43-23-42-30)38-18-16-37(17-19-38)32-15-13-29(35-36-32)27-9-7-26(8-10-27)25-4-2-1-3-5-25/h1-10,13-15,20,28H,11-12,16-19,21-23H2. The average Bonchev–Trinajstić information content (AvgIpc) is 3.82. The maximum atomic E-state index is 13.3. The van der Waals surface area contributed by atoms with Gasteiger partial charge in [-0.1, -0.05) is 60.7 Å². The third-order valence-corrected chi connectivity index (χ3v) is 8.27. The van der Waals surface area contributed by atoms with Gasteiger partial charge in [0, 0.05) is 44.2 Å². The van der Waals surface area contributed by atoms with Crippen molar-refractivity contribution in [1.82, 2.24) is 20.0 Å². The van der Waals surface area contributed by atoms with Crippen LogP contribution in [0.2, 0.25) is 0 Å². The highest BCUT2D eigenvalue weighted by Crippen LogP contribution is 2.34. The van der Waals surface area contributed by atoms with Crippen LogP contribution in [0.5, 0.6) is 11.5 Å². The topological polar surface area (TPSA) is 88.1 Å². The Morgan fingerprint density at radius 3 is 2.21 bits per heavy atom. The molecule has 1 aromatic heterocycles. The second-order valence-corrected chi connectivity index (χ2v) is 11.2. The number of fused-ring (bicyclic) bond motifs is 1. The van der Waals surface area contributed by atoms with Crippen LogP contribution in [0.15, 0.2) is 84.9 Å². The maximum Gasteiger partial charge on any atom is 0.242 e. The summed E-state index contributed by atoms with van der Waals surface area (Å²) in [4.78, 5) is 32.1. The molecule has 43 heavy (non-hydrogen) atoms. The molecule has 0 N–H and O–H groups in total. The first-order valence-electron chi connectivity index (χ1n) is 14.8. The number of hydrogen-bond donors (Lipinski definition) is 0. The number of carbonyl (C=O) groups excluding carboxylic acids is 2. The van der Waals surface area contributed by atoms with Gasteiger partial charge in [-0.3, -0.25) is 9.59 Å². The Labute approximate surface area is 250 Å². The van der Waals surface area contributed by atoms with E-state index in [2.05, 4.69) is 51.5 Å². The molecule has 9 heteroatoms. The number of aromatic nitrogens is 2. The van der Waals surface area contributed by atoms with Crippen molar-refractivity contribution in [2.75, 3.05) is 44.4 Å². The molecular formula is C34H33N5O4. The molecule has 0 unspecified atom stereocenters. The van der Waals surface area contributed by atoms with Crippen LogP contribution in [0.4, 0.5) is 5.82 Å². The number of nitrogens with zero attached hydrogens (tertiary/aromatic N) is 5. The van der Waals surface area contributed by atoms with Gasteiger partial charge in [-0.2, -0.15) is 0 Å². The predicted octanol–water partition coefficient (Wildman–Crippen LogP) is 4.63. The fourth-order valence-electron chi connectivity index (χ4n) is 5.62. The van der Waals surface area contributed by atoms with Crippen LogP contribution >= 0.6 is 0 Å². The number of piperazine rings is 1. The molecule has 2 amide bonds. The van der Waals surface area contributed by atoms with Crippen LogP contribution in [-0.2, 0) is 16.1 Å². The lowest BCUT2D eigenvalue weighted by atomic mass is 10.0. The van der Waals surface area contributed by atoms with Crippen molar-refractivity contribution >= 4 is 17.6 Å².